The van der Waals surface area contributed by atoms with Gasteiger partial charge in [0.25, 0.3) is 0 Å². The molecule has 1 aliphatic carbocycles. The number of hydrogen-bond donors (Lipinski definition) is 0. The standard InChI is InChI=1S/C15H22O2S/c1-15(2,17-3)9-8-12(16)14-10-11-6-4-5-7-13(11)18-14/h10H,4-9H2,1-3H3. The molecule has 0 N–H and O–H groups in total. The van der Waals surface area contributed by atoms with Gasteiger partial charge >= 0.3 is 0 Å². The molecule has 18 heavy (non-hydrogen) atoms. The third-order valence-corrected chi connectivity index (χ3v) is 5.06. The number of rotatable bonds is 5. The summed E-state index contributed by atoms with van der Waals surface area (Å²) in [5, 5.41) is 0. The number of fused-ring (bicyclic) bond motifs is 1. The molecule has 1 aromatic rings. The average molecular weight is 266 g/mol. The van der Waals surface area contributed by atoms with Crippen LogP contribution < -0.4 is 0 Å². The van der Waals surface area contributed by atoms with Crippen molar-refractivity contribution in [3.05, 3.63) is 21.4 Å². The van der Waals surface area contributed by atoms with E-state index in [-0.39, 0.29) is 11.4 Å². The fourth-order valence-corrected chi connectivity index (χ4v) is 3.49. The van der Waals surface area contributed by atoms with Gasteiger partial charge in [0.2, 0.25) is 0 Å². The molecule has 1 heterocycles. The van der Waals surface area contributed by atoms with Crippen LogP contribution in [0.1, 0.15) is 59.6 Å². The third-order valence-electron chi connectivity index (χ3n) is 3.78. The first-order valence-corrected chi connectivity index (χ1v) is 7.53. The minimum absolute atomic E-state index is 0.202. The monoisotopic (exact) mass is 266 g/mol. The third kappa shape index (κ3) is 3.21. The van der Waals surface area contributed by atoms with Crippen LogP contribution in [-0.2, 0) is 17.6 Å². The van der Waals surface area contributed by atoms with E-state index in [0.717, 1.165) is 24.1 Å². The topological polar surface area (TPSA) is 26.3 Å². The lowest BCUT2D eigenvalue weighted by atomic mass is 9.97. The van der Waals surface area contributed by atoms with Gasteiger partial charge in [-0.25, -0.2) is 0 Å². The number of aryl methyl sites for hydroxylation is 2. The largest absolute Gasteiger partial charge is 0.379 e. The fourth-order valence-electron chi connectivity index (χ4n) is 2.27. The van der Waals surface area contributed by atoms with Crippen LogP contribution in [0.2, 0.25) is 0 Å². The van der Waals surface area contributed by atoms with Gasteiger partial charge in [-0.3, -0.25) is 4.79 Å². The lowest BCUT2D eigenvalue weighted by molar-refractivity contribution is 0.0142. The van der Waals surface area contributed by atoms with Crippen LogP contribution in [-0.4, -0.2) is 18.5 Å². The number of Topliss-reactive ketones (excluding diaryl/α,β-unsaturated/α-hetero) is 1. The molecule has 1 aromatic heterocycles. The Balaban J connectivity index is 1.99. The first kappa shape index (κ1) is 13.8. The summed E-state index contributed by atoms with van der Waals surface area (Å²) < 4.78 is 5.36. The molecular formula is C15H22O2S. The first-order chi connectivity index (χ1) is 8.52. The Kier molecular flexibility index (Phi) is 4.23. The van der Waals surface area contributed by atoms with E-state index in [2.05, 4.69) is 6.07 Å². The van der Waals surface area contributed by atoms with Gasteiger partial charge in [0.1, 0.15) is 0 Å². The van der Waals surface area contributed by atoms with Gasteiger partial charge in [-0.15, -0.1) is 11.3 Å². The van der Waals surface area contributed by atoms with Crippen molar-refractivity contribution in [2.45, 2.75) is 58.0 Å². The highest BCUT2D eigenvalue weighted by atomic mass is 32.1. The van der Waals surface area contributed by atoms with Crippen LogP contribution in [0.25, 0.3) is 0 Å². The maximum Gasteiger partial charge on any atom is 0.172 e. The number of carbonyl (C=O) groups is 1. The maximum absolute atomic E-state index is 12.2. The van der Waals surface area contributed by atoms with Crippen molar-refractivity contribution in [3.8, 4) is 0 Å². The number of ether oxygens (including phenoxy) is 1. The highest BCUT2D eigenvalue weighted by molar-refractivity contribution is 7.14. The zero-order chi connectivity index (χ0) is 13.2. The molecule has 0 fully saturated rings. The van der Waals surface area contributed by atoms with Crippen LogP contribution in [0.5, 0.6) is 0 Å². The minimum atomic E-state index is -0.202. The summed E-state index contributed by atoms with van der Waals surface area (Å²) in [6, 6.07) is 2.13. The Hall–Kier alpha value is -0.670. The summed E-state index contributed by atoms with van der Waals surface area (Å²) in [5.41, 5.74) is 1.22. The van der Waals surface area contributed by atoms with Crippen molar-refractivity contribution in [3.63, 3.8) is 0 Å². The zero-order valence-electron chi connectivity index (χ0n) is 11.5. The predicted molar refractivity (Wildman–Crippen MR) is 75.6 cm³/mol. The summed E-state index contributed by atoms with van der Waals surface area (Å²) in [5.74, 6) is 0.277. The van der Waals surface area contributed by atoms with Crippen molar-refractivity contribution >= 4 is 17.1 Å². The zero-order valence-corrected chi connectivity index (χ0v) is 12.4. The van der Waals surface area contributed by atoms with E-state index >= 15 is 0 Å². The molecule has 0 unspecified atom stereocenters. The number of methoxy groups -OCH3 is 1. The highest BCUT2D eigenvalue weighted by Crippen LogP contribution is 2.31. The van der Waals surface area contributed by atoms with Crippen LogP contribution >= 0.6 is 11.3 Å². The van der Waals surface area contributed by atoms with E-state index in [9.17, 15) is 4.79 Å². The summed E-state index contributed by atoms with van der Waals surface area (Å²) in [7, 11) is 1.70. The molecule has 100 valence electrons. The van der Waals surface area contributed by atoms with Crippen molar-refractivity contribution < 1.29 is 9.53 Å². The molecule has 0 saturated heterocycles. The second-order valence-electron chi connectivity index (χ2n) is 5.65. The minimum Gasteiger partial charge on any atom is -0.379 e. The van der Waals surface area contributed by atoms with Gasteiger partial charge in [-0.1, -0.05) is 0 Å². The molecule has 0 aliphatic heterocycles. The van der Waals surface area contributed by atoms with E-state index in [1.165, 1.54) is 23.3 Å². The number of ketones is 1. The smallest absolute Gasteiger partial charge is 0.172 e. The number of hydrogen-bond acceptors (Lipinski definition) is 3. The van der Waals surface area contributed by atoms with Crippen LogP contribution in [0.3, 0.4) is 0 Å². The average Bonchev–Trinajstić information content (AvgIpc) is 2.80. The second kappa shape index (κ2) is 5.54. The molecule has 1 aliphatic rings. The quantitative estimate of drug-likeness (QED) is 0.753. The molecule has 0 spiro atoms. The predicted octanol–water partition coefficient (Wildman–Crippen LogP) is 4.01. The van der Waals surface area contributed by atoms with E-state index in [4.69, 9.17) is 4.74 Å². The summed E-state index contributed by atoms with van der Waals surface area (Å²) in [6.07, 6.45) is 6.23. The number of thiophene rings is 1. The van der Waals surface area contributed by atoms with Gasteiger partial charge in [0, 0.05) is 18.4 Å². The lowest BCUT2D eigenvalue weighted by Gasteiger charge is -2.21. The van der Waals surface area contributed by atoms with Gasteiger partial charge < -0.3 is 4.74 Å². The van der Waals surface area contributed by atoms with Crippen molar-refractivity contribution in [1.82, 2.24) is 0 Å². The molecular weight excluding hydrogens is 244 g/mol. The second-order valence-corrected chi connectivity index (χ2v) is 6.79. The van der Waals surface area contributed by atoms with Crippen LogP contribution in [0.15, 0.2) is 6.07 Å². The summed E-state index contributed by atoms with van der Waals surface area (Å²) in [6.45, 7) is 4.06. The Labute approximate surface area is 113 Å². The van der Waals surface area contributed by atoms with E-state index in [1.807, 2.05) is 13.8 Å². The summed E-state index contributed by atoms with van der Waals surface area (Å²) >= 11 is 1.71. The molecule has 0 radical (unpaired) electrons. The normalized spacial score (nSPS) is 15.5. The first-order valence-electron chi connectivity index (χ1n) is 6.72. The molecule has 2 nitrogen and oxygen atoms in total. The van der Waals surface area contributed by atoms with Gasteiger partial charge in [0.15, 0.2) is 5.78 Å². The van der Waals surface area contributed by atoms with E-state index < -0.39 is 0 Å². The molecule has 0 bridgehead atoms. The van der Waals surface area contributed by atoms with E-state index in [1.54, 1.807) is 18.4 Å². The van der Waals surface area contributed by atoms with Crippen LogP contribution in [0, 0.1) is 0 Å². The molecule has 0 atom stereocenters. The molecule has 3 heteroatoms. The Morgan fingerprint density at radius 1 is 1.39 bits per heavy atom. The summed E-state index contributed by atoms with van der Waals surface area (Å²) in [4.78, 5) is 14.6. The van der Waals surface area contributed by atoms with Gasteiger partial charge in [0.05, 0.1) is 10.5 Å². The molecule has 0 saturated carbocycles. The molecule has 0 aromatic carbocycles. The Morgan fingerprint density at radius 2 is 2.11 bits per heavy atom. The Bertz CT molecular complexity index is 408. The molecule has 0 amide bonds. The molecule has 2 rings (SSSR count). The number of carbonyl (C=O) groups excluding carboxylic acids is 1. The van der Waals surface area contributed by atoms with Gasteiger partial charge in [-0.2, -0.15) is 0 Å². The lowest BCUT2D eigenvalue weighted by Crippen LogP contribution is -2.23. The van der Waals surface area contributed by atoms with Gasteiger partial charge in [-0.05, 0) is 57.6 Å². The SMILES string of the molecule is COC(C)(C)CCC(=O)c1cc2c(s1)CCCC2. The van der Waals surface area contributed by atoms with Crippen molar-refractivity contribution in [2.24, 2.45) is 0 Å². The van der Waals surface area contributed by atoms with Crippen molar-refractivity contribution in [2.75, 3.05) is 7.11 Å². The van der Waals surface area contributed by atoms with E-state index in [0.29, 0.717) is 6.42 Å². The maximum atomic E-state index is 12.2. The van der Waals surface area contributed by atoms with Crippen LogP contribution in [0.4, 0.5) is 0 Å². The van der Waals surface area contributed by atoms with Crippen molar-refractivity contribution in [1.29, 1.82) is 0 Å². The fraction of sp³-hybridized carbons (Fsp3) is 0.667. The highest BCUT2D eigenvalue weighted by Gasteiger charge is 2.21. The Morgan fingerprint density at radius 3 is 2.78 bits per heavy atom.